The highest BCUT2D eigenvalue weighted by Gasteiger charge is 2.21. The summed E-state index contributed by atoms with van der Waals surface area (Å²) in [5.74, 6) is -0.117. The monoisotopic (exact) mass is 472 g/mol. The minimum atomic E-state index is -0.811. The highest BCUT2D eigenvalue weighted by molar-refractivity contribution is 7.99. The van der Waals surface area contributed by atoms with Crippen molar-refractivity contribution in [2.45, 2.75) is 37.9 Å². The van der Waals surface area contributed by atoms with Gasteiger partial charge in [0.15, 0.2) is 16.8 Å². The zero-order valence-electron chi connectivity index (χ0n) is 19.3. The fourth-order valence-electron chi connectivity index (χ4n) is 3.28. The summed E-state index contributed by atoms with van der Waals surface area (Å²) in [4.78, 5) is 39.2. The Balaban J connectivity index is 1.79. The number of hydrogen-bond donors (Lipinski definition) is 2. The molecule has 0 aliphatic heterocycles. The van der Waals surface area contributed by atoms with E-state index in [0.717, 1.165) is 21.9 Å². The smallest absolute Gasteiger partial charge is 0.330 e. The van der Waals surface area contributed by atoms with Crippen molar-refractivity contribution < 1.29 is 9.53 Å². The molecule has 176 valence electrons. The Morgan fingerprint density at radius 3 is 2.45 bits per heavy atom. The SMILES string of the molecule is COCCn1c(N)c(C(=O)CSc2nnc(-c3ccc(C(C)(C)C)cc3)n2C)c(=O)[nH]c1=O. The lowest BCUT2D eigenvalue weighted by molar-refractivity contribution is 0.102. The van der Waals surface area contributed by atoms with E-state index in [0.29, 0.717) is 11.0 Å². The minimum Gasteiger partial charge on any atom is -0.384 e. The Bertz CT molecular complexity index is 1270. The van der Waals surface area contributed by atoms with E-state index in [1.54, 1.807) is 4.57 Å². The van der Waals surface area contributed by atoms with Gasteiger partial charge in [-0.05, 0) is 11.0 Å². The number of methoxy groups -OCH3 is 1. The predicted molar refractivity (Wildman–Crippen MR) is 128 cm³/mol. The maximum atomic E-state index is 12.8. The lowest BCUT2D eigenvalue weighted by Crippen LogP contribution is -2.37. The molecule has 0 saturated heterocycles. The molecule has 2 heterocycles. The fourth-order valence-corrected chi connectivity index (χ4v) is 4.06. The van der Waals surface area contributed by atoms with E-state index in [2.05, 4.69) is 48.1 Å². The van der Waals surface area contributed by atoms with Gasteiger partial charge in [0.05, 0.1) is 18.9 Å². The number of hydrogen-bond acceptors (Lipinski definition) is 8. The summed E-state index contributed by atoms with van der Waals surface area (Å²) < 4.78 is 7.86. The molecule has 0 aliphatic rings. The predicted octanol–water partition coefficient (Wildman–Crippen LogP) is 1.83. The number of anilines is 1. The van der Waals surface area contributed by atoms with Crippen molar-refractivity contribution in [2.75, 3.05) is 25.2 Å². The van der Waals surface area contributed by atoms with Crippen molar-refractivity contribution in [3.8, 4) is 11.4 Å². The largest absolute Gasteiger partial charge is 0.384 e. The molecule has 0 amide bonds. The van der Waals surface area contributed by atoms with Crippen molar-refractivity contribution in [1.29, 1.82) is 0 Å². The van der Waals surface area contributed by atoms with Crippen LogP contribution in [0.3, 0.4) is 0 Å². The maximum Gasteiger partial charge on any atom is 0.330 e. The molecule has 0 atom stereocenters. The Labute approximate surface area is 195 Å². The molecular weight excluding hydrogens is 444 g/mol. The molecule has 0 unspecified atom stereocenters. The molecular formula is C22H28N6O4S. The number of benzene rings is 1. The Morgan fingerprint density at radius 1 is 1.18 bits per heavy atom. The number of ether oxygens (including phenoxy) is 1. The number of H-pyrrole nitrogens is 1. The lowest BCUT2D eigenvalue weighted by atomic mass is 9.87. The summed E-state index contributed by atoms with van der Waals surface area (Å²) in [5.41, 5.74) is 6.39. The number of nitrogens with zero attached hydrogens (tertiary/aromatic N) is 4. The van der Waals surface area contributed by atoms with E-state index >= 15 is 0 Å². The van der Waals surface area contributed by atoms with Crippen LogP contribution in [-0.4, -0.2) is 49.6 Å². The Kier molecular flexibility index (Phi) is 7.23. The molecule has 3 aromatic rings. The summed E-state index contributed by atoms with van der Waals surface area (Å²) in [6, 6.07) is 8.11. The van der Waals surface area contributed by atoms with Gasteiger partial charge in [0.2, 0.25) is 0 Å². The van der Waals surface area contributed by atoms with Crippen molar-refractivity contribution in [3.05, 3.63) is 56.2 Å². The van der Waals surface area contributed by atoms with E-state index in [1.165, 1.54) is 12.7 Å². The molecule has 0 saturated carbocycles. The van der Waals surface area contributed by atoms with Gasteiger partial charge >= 0.3 is 5.69 Å². The highest BCUT2D eigenvalue weighted by Crippen LogP contribution is 2.27. The van der Waals surface area contributed by atoms with E-state index in [1.807, 2.05) is 19.2 Å². The van der Waals surface area contributed by atoms with Gasteiger partial charge < -0.3 is 15.0 Å². The molecule has 1 aromatic carbocycles. The average molecular weight is 473 g/mol. The molecule has 0 spiro atoms. The van der Waals surface area contributed by atoms with Gasteiger partial charge in [-0.3, -0.25) is 19.1 Å². The molecule has 2 aromatic heterocycles. The van der Waals surface area contributed by atoms with Gasteiger partial charge in [-0.1, -0.05) is 56.8 Å². The van der Waals surface area contributed by atoms with Gasteiger partial charge in [0, 0.05) is 19.7 Å². The Hall–Kier alpha value is -3.18. The number of rotatable bonds is 8. The van der Waals surface area contributed by atoms with Crippen molar-refractivity contribution in [1.82, 2.24) is 24.3 Å². The molecule has 3 rings (SSSR count). The van der Waals surface area contributed by atoms with Crippen LogP contribution in [0.15, 0.2) is 39.0 Å². The third kappa shape index (κ3) is 5.25. The van der Waals surface area contributed by atoms with Gasteiger partial charge in [-0.2, -0.15) is 0 Å². The van der Waals surface area contributed by atoms with Crippen LogP contribution in [0.2, 0.25) is 0 Å². The first kappa shape index (κ1) is 24.5. The number of nitrogen functional groups attached to an aromatic ring is 1. The standard InChI is InChI=1S/C22H28N6O4S/c1-22(2,3)14-8-6-13(7-9-14)18-25-26-21(27(18)4)33-12-15(29)16-17(23)28(10-11-32-5)20(31)24-19(16)30/h6-9H,10-12,23H2,1-5H3,(H,24,30,31). The molecule has 0 bridgehead atoms. The van der Waals surface area contributed by atoms with Gasteiger partial charge in [-0.25, -0.2) is 4.79 Å². The van der Waals surface area contributed by atoms with Crippen molar-refractivity contribution in [2.24, 2.45) is 7.05 Å². The average Bonchev–Trinajstić information content (AvgIpc) is 3.11. The molecule has 0 fully saturated rings. The summed E-state index contributed by atoms with van der Waals surface area (Å²) in [6.07, 6.45) is 0. The minimum absolute atomic E-state index is 0.0471. The van der Waals surface area contributed by atoms with Crippen molar-refractivity contribution in [3.63, 3.8) is 0 Å². The van der Waals surface area contributed by atoms with E-state index in [9.17, 15) is 14.4 Å². The van der Waals surface area contributed by atoms with E-state index < -0.39 is 17.0 Å². The normalized spacial score (nSPS) is 11.7. The number of carbonyl (C=O) groups is 1. The van der Waals surface area contributed by atoms with Crippen LogP contribution in [0.1, 0.15) is 36.7 Å². The molecule has 10 nitrogen and oxygen atoms in total. The van der Waals surface area contributed by atoms with Crippen LogP contribution >= 0.6 is 11.8 Å². The molecule has 11 heteroatoms. The first-order valence-corrected chi connectivity index (χ1v) is 11.3. The third-order valence-corrected chi connectivity index (χ3v) is 6.23. The molecule has 0 aliphatic carbocycles. The summed E-state index contributed by atoms with van der Waals surface area (Å²) in [7, 11) is 3.29. The second-order valence-electron chi connectivity index (χ2n) is 8.57. The summed E-state index contributed by atoms with van der Waals surface area (Å²) in [6.45, 7) is 6.77. The first-order chi connectivity index (χ1) is 15.5. The fraction of sp³-hybridized carbons (Fsp3) is 0.409. The number of nitrogens with two attached hydrogens (primary N) is 1. The van der Waals surface area contributed by atoms with Crippen LogP contribution < -0.4 is 17.0 Å². The van der Waals surface area contributed by atoms with Crippen LogP contribution in [0.25, 0.3) is 11.4 Å². The van der Waals surface area contributed by atoms with Crippen LogP contribution in [-0.2, 0) is 23.7 Å². The highest BCUT2D eigenvalue weighted by atomic mass is 32.2. The number of ketones is 1. The lowest BCUT2D eigenvalue weighted by Gasteiger charge is -2.19. The van der Waals surface area contributed by atoms with E-state index in [4.69, 9.17) is 10.5 Å². The Morgan fingerprint density at radius 2 is 1.85 bits per heavy atom. The van der Waals surface area contributed by atoms with Crippen LogP contribution in [0.4, 0.5) is 5.82 Å². The molecule has 0 radical (unpaired) electrons. The number of aromatic nitrogens is 5. The maximum absolute atomic E-state index is 12.8. The van der Waals surface area contributed by atoms with Crippen molar-refractivity contribution >= 4 is 23.4 Å². The summed E-state index contributed by atoms with van der Waals surface area (Å²) in [5, 5.41) is 8.95. The second kappa shape index (κ2) is 9.75. The third-order valence-electron chi connectivity index (χ3n) is 5.21. The molecule has 33 heavy (non-hydrogen) atoms. The summed E-state index contributed by atoms with van der Waals surface area (Å²) >= 11 is 1.14. The number of thioether (sulfide) groups is 1. The van der Waals surface area contributed by atoms with Crippen LogP contribution in [0, 0.1) is 0 Å². The number of Topliss-reactive ketones (excluding diaryl/α,β-unsaturated/α-hetero) is 1. The zero-order valence-corrected chi connectivity index (χ0v) is 20.2. The van der Waals surface area contributed by atoms with Gasteiger partial charge in [-0.15, -0.1) is 10.2 Å². The van der Waals surface area contributed by atoms with Gasteiger partial charge in [0.1, 0.15) is 11.4 Å². The van der Waals surface area contributed by atoms with Crippen LogP contribution in [0.5, 0.6) is 0 Å². The topological polar surface area (TPSA) is 138 Å². The second-order valence-corrected chi connectivity index (χ2v) is 9.51. The molecule has 3 N–H and O–H groups in total. The number of aromatic amines is 1. The van der Waals surface area contributed by atoms with Gasteiger partial charge in [0.25, 0.3) is 5.56 Å². The first-order valence-electron chi connectivity index (χ1n) is 10.3. The quantitative estimate of drug-likeness (QED) is 0.374. The number of carbonyl (C=O) groups excluding carboxylic acids is 1. The van der Waals surface area contributed by atoms with E-state index in [-0.39, 0.29) is 35.7 Å². The zero-order chi connectivity index (χ0) is 24.3. The number of nitrogens with one attached hydrogen (secondary N) is 1.